The third-order valence-corrected chi connectivity index (χ3v) is 2.37. The number of nitrogens with zero attached hydrogens (tertiary/aromatic N) is 2. The number of nitriles is 1. The number of hydrogen-bond donors (Lipinski definition) is 2. The number of aromatic nitrogens is 1. The highest BCUT2D eigenvalue weighted by molar-refractivity contribution is 5.64. The highest BCUT2D eigenvalue weighted by Gasteiger charge is 2.01. The van der Waals surface area contributed by atoms with Crippen molar-refractivity contribution in [1.82, 2.24) is 4.98 Å². The summed E-state index contributed by atoms with van der Waals surface area (Å²) in [5.74, 6) is 0.699. The Morgan fingerprint density at radius 2 is 2.06 bits per heavy atom. The number of pyridine rings is 1. The lowest BCUT2D eigenvalue weighted by molar-refractivity contribution is 1.05. The van der Waals surface area contributed by atoms with Crippen LogP contribution in [0.15, 0.2) is 42.6 Å². The first kappa shape index (κ1) is 11.1. The van der Waals surface area contributed by atoms with Gasteiger partial charge in [-0.15, -0.1) is 0 Å². The zero-order valence-corrected chi connectivity index (χ0v) is 9.22. The van der Waals surface area contributed by atoms with Crippen LogP contribution in [-0.2, 0) is 6.54 Å². The van der Waals surface area contributed by atoms with Crippen LogP contribution in [0.4, 0.5) is 11.5 Å². The Kier molecular flexibility index (Phi) is 3.34. The second-order valence-corrected chi connectivity index (χ2v) is 3.54. The fraction of sp³-hybridized carbons (Fsp3) is 0.0769. The Labute approximate surface area is 99.7 Å². The summed E-state index contributed by atoms with van der Waals surface area (Å²) < 4.78 is 0. The highest BCUT2D eigenvalue weighted by atomic mass is 15.0. The predicted molar refractivity (Wildman–Crippen MR) is 66.6 cm³/mol. The molecule has 0 unspecified atom stereocenters. The minimum atomic E-state index is 0.474. The van der Waals surface area contributed by atoms with E-state index in [0.29, 0.717) is 17.9 Å². The minimum absolute atomic E-state index is 0.474. The smallest absolute Gasteiger partial charge is 0.130 e. The lowest BCUT2D eigenvalue weighted by Crippen LogP contribution is -1.99. The van der Waals surface area contributed by atoms with Crippen LogP contribution in [0, 0.1) is 11.3 Å². The van der Waals surface area contributed by atoms with Crippen molar-refractivity contribution in [3.8, 4) is 6.07 Å². The SMILES string of the molecule is N#Cc1ccccc1Nc1ccc(CN)cn1. The van der Waals surface area contributed by atoms with Crippen molar-refractivity contribution in [2.75, 3.05) is 5.32 Å². The van der Waals surface area contributed by atoms with E-state index in [0.717, 1.165) is 11.3 Å². The van der Waals surface area contributed by atoms with Crippen LogP contribution >= 0.6 is 0 Å². The average Bonchev–Trinajstić information content (AvgIpc) is 2.40. The first-order valence-corrected chi connectivity index (χ1v) is 5.24. The van der Waals surface area contributed by atoms with E-state index < -0.39 is 0 Å². The standard InChI is InChI=1S/C13H12N4/c14-7-10-5-6-13(16-9-10)17-12-4-2-1-3-11(12)8-15/h1-6,9H,7,14H2,(H,16,17). The van der Waals surface area contributed by atoms with E-state index in [4.69, 9.17) is 11.0 Å². The molecule has 1 heterocycles. The average molecular weight is 224 g/mol. The molecule has 0 aliphatic heterocycles. The molecule has 17 heavy (non-hydrogen) atoms. The molecule has 3 N–H and O–H groups in total. The molecule has 0 saturated carbocycles. The van der Waals surface area contributed by atoms with Gasteiger partial charge in [-0.3, -0.25) is 0 Å². The molecule has 84 valence electrons. The van der Waals surface area contributed by atoms with E-state index >= 15 is 0 Å². The molecule has 2 aromatic rings. The van der Waals surface area contributed by atoms with Crippen molar-refractivity contribution in [3.63, 3.8) is 0 Å². The topological polar surface area (TPSA) is 74.7 Å². The maximum atomic E-state index is 8.95. The summed E-state index contributed by atoms with van der Waals surface area (Å²) in [5, 5.41) is 12.1. The summed E-state index contributed by atoms with van der Waals surface area (Å²) in [6.07, 6.45) is 1.72. The molecule has 2 rings (SSSR count). The van der Waals surface area contributed by atoms with Gasteiger partial charge in [-0.2, -0.15) is 5.26 Å². The lowest BCUT2D eigenvalue weighted by atomic mass is 10.2. The molecule has 0 radical (unpaired) electrons. The monoisotopic (exact) mass is 224 g/mol. The van der Waals surface area contributed by atoms with Gasteiger partial charge in [0.05, 0.1) is 11.3 Å². The normalized spacial score (nSPS) is 9.65. The quantitative estimate of drug-likeness (QED) is 0.837. The third-order valence-electron chi connectivity index (χ3n) is 2.37. The molecule has 0 saturated heterocycles. The maximum Gasteiger partial charge on any atom is 0.130 e. The van der Waals surface area contributed by atoms with Crippen molar-refractivity contribution in [2.24, 2.45) is 5.73 Å². The van der Waals surface area contributed by atoms with E-state index in [1.165, 1.54) is 0 Å². The molecule has 0 aliphatic carbocycles. The van der Waals surface area contributed by atoms with Gasteiger partial charge in [0.15, 0.2) is 0 Å². The van der Waals surface area contributed by atoms with Gasteiger partial charge in [-0.1, -0.05) is 18.2 Å². The van der Waals surface area contributed by atoms with Crippen LogP contribution in [0.1, 0.15) is 11.1 Å². The van der Waals surface area contributed by atoms with Gasteiger partial charge in [-0.25, -0.2) is 4.98 Å². The summed E-state index contributed by atoms with van der Waals surface area (Å²) in [4.78, 5) is 4.22. The first-order valence-electron chi connectivity index (χ1n) is 5.24. The molecule has 4 heteroatoms. The van der Waals surface area contributed by atoms with E-state index in [2.05, 4.69) is 16.4 Å². The van der Waals surface area contributed by atoms with Crippen LogP contribution in [-0.4, -0.2) is 4.98 Å². The molecule has 1 aromatic heterocycles. The zero-order valence-electron chi connectivity index (χ0n) is 9.22. The second-order valence-electron chi connectivity index (χ2n) is 3.54. The molecular formula is C13H12N4. The van der Waals surface area contributed by atoms with Crippen LogP contribution < -0.4 is 11.1 Å². The molecular weight excluding hydrogens is 212 g/mol. The summed E-state index contributed by atoms with van der Waals surface area (Å²) in [6.45, 7) is 0.474. The van der Waals surface area contributed by atoms with Gasteiger partial charge in [-0.05, 0) is 23.8 Å². The number of rotatable bonds is 3. The Hall–Kier alpha value is -2.38. The minimum Gasteiger partial charge on any atom is -0.339 e. The van der Waals surface area contributed by atoms with Crippen LogP contribution in [0.25, 0.3) is 0 Å². The first-order chi connectivity index (χ1) is 8.33. The molecule has 0 amide bonds. The summed E-state index contributed by atoms with van der Waals surface area (Å²) in [5.41, 5.74) is 7.82. The van der Waals surface area contributed by atoms with Gasteiger partial charge in [0.2, 0.25) is 0 Å². The van der Waals surface area contributed by atoms with Gasteiger partial charge < -0.3 is 11.1 Å². The molecule has 0 aliphatic rings. The zero-order chi connectivity index (χ0) is 12.1. The fourth-order valence-electron chi connectivity index (χ4n) is 1.45. The van der Waals surface area contributed by atoms with Gasteiger partial charge in [0, 0.05) is 12.7 Å². The van der Waals surface area contributed by atoms with Crippen molar-refractivity contribution in [2.45, 2.75) is 6.54 Å². The number of nitrogens with two attached hydrogens (primary N) is 1. The summed E-state index contributed by atoms with van der Waals surface area (Å²) in [6, 6.07) is 13.2. The van der Waals surface area contributed by atoms with Crippen LogP contribution in [0.5, 0.6) is 0 Å². The fourth-order valence-corrected chi connectivity index (χ4v) is 1.45. The second kappa shape index (κ2) is 5.10. The number of hydrogen-bond acceptors (Lipinski definition) is 4. The largest absolute Gasteiger partial charge is 0.339 e. The summed E-state index contributed by atoms with van der Waals surface area (Å²) in [7, 11) is 0. The van der Waals surface area contributed by atoms with Crippen LogP contribution in [0.2, 0.25) is 0 Å². The van der Waals surface area contributed by atoms with Gasteiger partial charge in [0.1, 0.15) is 11.9 Å². The predicted octanol–water partition coefficient (Wildman–Crippen LogP) is 2.16. The number of nitrogens with one attached hydrogen (secondary N) is 1. The van der Waals surface area contributed by atoms with Crippen molar-refractivity contribution in [1.29, 1.82) is 5.26 Å². The van der Waals surface area contributed by atoms with Crippen molar-refractivity contribution >= 4 is 11.5 Å². The Bertz CT molecular complexity index is 540. The van der Waals surface area contributed by atoms with Gasteiger partial charge in [0.25, 0.3) is 0 Å². The molecule has 4 nitrogen and oxygen atoms in total. The third kappa shape index (κ3) is 2.60. The van der Waals surface area contributed by atoms with E-state index in [-0.39, 0.29) is 0 Å². The molecule has 0 fully saturated rings. The molecule has 0 atom stereocenters. The van der Waals surface area contributed by atoms with Crippen LogP contribution in [0.3, 0.4) is 0 Å². The maximum absolute atomic E-state index is 8.95. The van der Waals surface area contributed by atoms with E-state index in [1.807, 2.05) is 30.3 Å². The van der Waals surface area contributed by atoms with E-state index in [9.17, 15) is 0 Å². The van der Waals surface area contributed by atoms with Gasteiger partial charge >= 0.3 is 0 Å². The van der Waals surface area contributed by atoms with E-state index in [1.54, 1.807) is 12.3 Å². The Morgan fingerprint density at radius 3 is 2.71 bits per heavy atom. The van der Waals surface area contributed by atoms with Crippen molar-refractivity contribution in [3.05, 3.63) is 53.7 Å². The molecule has 0 spiro atoms. The number of para-hydroxylation sites is 1. The number of benzene rings is 1. The summed E-state index contributed by atoms with van der Waals surface area (Å²) >= 11 is 0. The highest BCUT2D eigenvalue weighted by Crippen LogP contribution is 2.18. The Balaban J connectivity index is 2.23. The Morgan fingerprint density at radius 1 is 1.24 bits per heavy atom. The molecule has 0 bridgehead atoms. The molecule has 1 aromatic carbocycles. The lowest BCUT2D eigenvalue weighted by Gasteiger charge is -2.07. The van der Waals surface area contributed by atoms with Crippen molar-refractivity contribution < 1.29 is 0 Å². The number of anilines is 2.